The number of nitrogens with one attached hydrogen (secondary N) is 1. The third-order valence-corrected chi connectivity index (χ3v) is 7.70. The molecule has 8 nitrogen and oxygen atoms in total. The zero-order chi connectivity index (χ0) is 24.9. The van der Waals surface area contributed by atoms with Crippen molar-refractivity contribution in [2.24, 2.45) is 5.14 Å². The summed E-state index contributed by atoms with van der Waals surface area (Å²) in [6.45, 7) is 0.448. The molecule has 1 aliphatic rings. The minimum atomic E-state index is -3.77. The maximum absolute atomic E-state index is 12.7. The second-order valence-corrected chi connectivity index (χ2v) is 11.6. The molecule has 4 N–H and O–H groups in total. The second-order valence-electron chi connectivity index (χ2n) is 7.46. The molecular weight excluding hydrogens is 562 g/mol. The van der Waals surface area contributed by atoms with Crippen molar-refractivity contribution in [1.29, 1.82) is 0 Å². The Hall–Kier alpha value is -2.25. The highest BCUT2D eigenvalue weighted by atomic mass is 79.9. The van der Waals surface area contributed by atoms with Crippen LogP contribution >= 0.6 is 39.9 Å². The van der Waals surface area contributed by atoms with Crippen LogP contribution in [-0.4, -0.2) is 41.1 Å². The molecule has 1 heterocycles. The molecule has 3 rings (SSSR count). The van der Waals surface area contributed by atoms with Gasteiger partial charge in [-0.25, -0.2) is 13.6 Å². The molecule has 180 valence electrons. The molecule has 0 atom stereocenters. The third kappa shape index (κ3) is 7.12. The lowest BCUT2D eigenvalue weighted by Crippen LogP contribution is -2.29. The van der Waals surface area contributed by atoms with E-state index in [0.717, 1.165) is 10.9 Å². The summed E-state index contributed by atoms with van der Waals surface area (Å²) in [5, 5.41) is 17.8. The number of aromatic hydroxyl groups is 1. The summed E-state index contributed by atoms with van der Waals surface area (Å²) in [6.07, 6.45) is 3.94. The van der Waals surface area contributed by atoms with Crippen molar-refractivity contribution in [3.8, 4) is 5.75 Å². The zero-order valence-corrected chi connectivity index (χ0v) is 21.9. The number of nitrogens with two attached hydrogens (primary N) is 1. The van der Waals surface area contributed by atoms with E-state index in [9.17, 15) is 23.1 Å². The number of benzene rings is 2. The fourth-order valence-corrected chi connectivity index (χ4v) is 5.35. The Morgan fingerprint density at radius 1 is 1.18 bits per heavy atom. The number of rotatable bonds is 9. The van der Waals surface area contributed by atoms with Crippen molar-refractivity contribution >= 4 is 77.8 Å². The smallest absolute Gasteiger partial charge is 0.266 e. The summed E-state index contributed by atoms with van der Waals surface area (Å²) in [6, 6.07) is 10.6. The fraction of sp³-hybridized carbons (Fsp3) is 0.227. The van der Waals surface area contributed by atoms with Crippen LogP contribution < -0.4 is 10.5 Å². The number of anilines is 1. The summed E-state index contributed by atoms with van der Waals surface area (Å²) in [5.74, 6) is -0.312. The van der Waals surface area contributed by atoms with Crippen LogP contribution in [0, 0.1) is 0 Å². The Kier molecular flexibility index (Phi) is 8.88. The van der Waals surface area contributed by atoms with E-state index in [-0.39, 0.29) is 28.9 Å². The van der Waals surface area contributed by atoms with Gasteiger partial charge in [0.05, 0.1) is 9.80 Å². The van der Waals surface area contributed by atoms with Crippen LogP contribution in [0.3, 0.4) is 0 Å². The first-order valence-corrected chi connectivity index (χ1v) is 13.8. The molecular formula is C22H22BrN3O5S3. The number of primary sulfonamides is 1. The van der Waals surface area contributed by atoms with Crippen LogP contribution in [0.4, 0.5) is 5.69 Å². The van der Waals surface area contributed by atoms with Gasteiger partial charge in [0.15, 0.2) is 0 Å². The first kappa shape index (κ1) is 26.4. The standard InChI is InChI=1S/C22H22BrN3O5S3/c23-15-5-10-18(27)14(12-15)13-19-21(29)26(22(32)33-19)11-3-1-2-4-20(28)25-16-6-8-17(9-7-16)34(24,30)31/h5-10,12-13,27H,1-4,11H2,(H,25,28)(H2,24,30,31)/b19-13-. The van der Waals surface area contributed by atoms with Crippen LogP contribution in [0.5, 0.6) is 5.75 Å². The van der Waals surface area contributed by atoms with Crippen molar-refractivity contribution in [2.75, 3.05) is 11.9 Å². The van der Waals surface area contributed by atoms with E-state index in [1.807, 2.05) is 0 Å². The monoisotopic (exact) mass is 583 g/mol. The van der Waals surface area contributed by atoms with Gasteiger partial charge in [-0.2, -0.15) is 0 Å². The van der Waals surface area contributed by atoms with Crippen LogP contribution in [-0.2, 0) is 19.6 Å². The first-order valence-electron chi connectivity index (χ1n) is 10.2. The van der Waals surface area contributed by atoms with Gasteiger partial charge in [0.25, 0.3) is 5.91 Å². The van der Waals surface area contributed by atoms with E-state index in [1.54, 1.807) is 24.3 Å². The average molecular weight is 585 g/mol. The van der Waals surface area contributed by atoms with Crippen molar-refractivity contribution in [3.05, 3.63) is 57.4 Å². The largest absolute Gasteiger partial charge is 0.507 e. The van der Waals surface area contributed by atoms with Gasteiger partial charge in [-0.1, -0.05) is 46.3 Å². The van der Waals surface area contributed by atoms with Crippen LogP contribution in [0.2, 0.25) is 0 Å². The molecule has 2 aromatic carbocycles. The van der Waals surface area contributed by atoms with Gasteiger partial charge < -0.3 is 10.4 Å². The zero-order valence-electron chi connectivity index (χ0n) is 17.9. The number of thiocarbonyl (C=S) groups is 1. The molecule has 1 fully saturated rings. The lowest BCUT2D eigenvalue weighted by atomic mass is 10.1. The van der Waals surface area contributed by atoms with Gasteiger partial charge in [-0.3, -0.25) is 14.5 Å². The Balaban J connectivity index is 1.43. The number of hydrogen-bond donors (Lipinski definition) is 3. The van der Waals surface area contributed by atoms with Gasteiger partial charge in [0.1, 0.15) is 10.1 Å². The van der Waals surface area contributed by atoms with Gasteiger partial charge in [-0.05, 0) is 61.4 Å². The van der Waals surface area contributed by atoms with E-state index < -0.39 is 10.0 Å². The second kappa shape index (κ2) is 11.5. The van der Waals surface area contributed by atoms with E-state index >= 15 is 0 Å². The maximum Gasteiger partial charge on any atom is 0.266 e. The number of phenols is 1. The molecule has 1 saturated heterocycles. The number of phenolic OH excluding ortho intramolecular Hbond substituents is 1. The predicted molar refractivity (Wildman–Crippen MR) is 141 cm³/mol. The molecule has 12 heteroatoms. The van der Waals surface area contributed by atoms with Gasteiger partial charge in [0.2, 0.25) is 15.9 Å². The lowest BCUT2D eigenvalue weighted by Gasteiger charge is -2.14. The van der Waals surface area contributed by atoms with E-state index in [2.05, 4.69) is 21.2 Å². The van der Waals surface area contributed by atoms with Gasteiger partial charge in [-0.15, -0.1) is 0 Å². The third-order valence-electron chi connectivity index (χ3n) is 4.90. The summed E-state index contributed by atoms with van der Waals surface area (Å²) < 4.78 is 23.8. The van der Waals surface area contributed by atoms with Crippen molar-refractivity contribution in [1.82, 2.24) is 4.90 Å². The highest BCUT2D eigenvalue weighted by Crippen LogP contribution is 2.35. The highest BCUT2D eigenvalue weighted by molar-refractivity contribution is 9.10. The van der Waals surface area contributed by atoms with Crippen molar-refractivity contribution in [3.63, 3.8) is 0 Å². The minimum absolute atomic E-state index is 0.0236. The van der Waals surface area contributed by atoms with Crippen LogP contribution in [0.25, 0.3) is 6.08 Å². The Morgan fingerprint density at radius 2 is 1.88 bits per heavy atom. The SMILES string of the molecule is NS(=O)(=O)c1ccc(NC(=O)CCCCCN2C(=O)/C(=C/c3cc(Br)ccc3O)SC2=S)cc1. The first-order chi connectivity index (χ1) is 16.0. The number of sulfonamides is 1. The maximum atomic E-state index is 12.7. The number of amides is 2. The van der Waals surface area contributed by atoms with Gasteiger partial charge in [0, 0.05) is 28.7 Å². The number of thioether (sulfide) groups is 1. The van der Waals surface area contributed by atoms with E-state index in [0.29, 0.717) is 39.9 Å². The van der Waals surface area contributed by atoms with Crippen LogP contribution in [0.1, 0.15) is 31.2 Å². The molecule has 2 amide bonds. The number of unbranched alkanes of at least 4 members (excludes halogenated alkanes) is 2. The molecule has 0 aromatic heterocycles. The Bertz CT molecular complexity index is 1250. The molecule has 0 saturated carbocycles. The fourth-order valence-electron chi connectivity index (χ4n) is 3.16. The van der Waals surface area contributed by atoms with Gasteiger partial charge >= 0.3 is 0 Å². The number of hydrogen-bond acceptors (Lipinski definition) is 7. The lowest BCUT2D eigenvalue weighted by molar-refractivity contribution is -0.122. The topological polar surface area (TPSA) is 130 Å². The Morgan fingerprint density at radius 3 is 2.56 bits per heavy atom. The molecule has 34 heavy (non-hydrogen) atoms. The summed E-state index contributed by atoms with van der Waals surface area (Å²) in [7, 11) is -3.77. The summed E-state index contributed by atoms with van der Waals surface area (Å²) in [4.78, 5) is 26.8. The number of carbonyl (C=O) groups excluding carboxylic acids is 2. The molecule has 0 unspecified atom stereocenters. The average Bonchev–Trinajstić information content (AvgIpc) is 3.03. The normalized spacial score (nSPS) is 15.2. The molecule has 1 aliphatic heterocycles. The predicted octanol–water partition coefficient (Wildman–Crippen LogP) is 4.20. The van der Waals surface area contributed by atoms with E-state index in [4.69, 9.17) is 17.4 Å². The number of halogens is 1. The minimum Gasteiger partial charge on any atom is -0.507 e. The summed E-state index contributed by atoms with van der Waals surface area (Å²) >= 11 is 9.88. The van der Waals surface area contributed by atoms with Crippen LogP contribution in [0.15, 0.2) is 56.7 Å². The van der Waals surface area contributed by atoms with E-state index in [1.165, 1.54) is 40.9 Å². The molecule has 0 spiro atoms. The molecule has 0 bridgehead atoms. The number of carbonyl (C=O) groups is 2. The molecule has 2 aromatic rings. The quantitative estimate of drug-likeness (QED) is 0.229. The highest BCUT2D eigenvalue weighted by Gasteiger charge is 2.31. The molecule has 0 aliphatic carbocycles. The summed E-state index contributed by atoms with van der Waals surface area (Å²) in [5.41, 5.74) is 1.01. The Labute approximate surface area is 215 Å². The molecule has 0 radical (unpaired) electrons. The number of nitrogens with zero attached hydrogens (tertiary/aromatic N) is 1. The van der Waals surface area contributed by atoms with Crippen molar-refractivity contribution < 1.29 is 23.1 Å². The van der Waals surface area contributed by atoms with Crippen molar-refractivity contribution in [2.45, 2.75) is 30.6 Å².